The third-order valence-electron chi connectivity index (χ3n) is 3.29. The van der Waals surface area contributed by atoms with E-state index >= 15 is 0 Å². The molecule has 102 valence electrons. The van der Waals surface area contributed by atoms with E-state index in [-0.39, 0.29) is 17.7 Å². The van der Waals surface area contributed by atoms with Crippen LogP contribution in [0.15, 0.2) is 35.3 Å². The van der Waals surface area contributed by atoms with Gasteiger partial charge in [-0.2, -0.15) is 0 Å². The monoisotopic (exact) mass is 277 g/mol. The SMILES string of the molecule is CC1=C(C)PC(C(N)=O)C(Nc2cccc(C)c2)N1. The van der Waals surface area contributed by atoms with E-state index in [9.17, 15) is 4.79 Å². The van der Waals surface area contributed by atoms with E-state index in [1.807, 2.05) is 39.0 Å². The van der Waals surface area contributed by atoms with Gasteiger partial charge in [-0.25, -0.2) is 0 Å². The summed E-state index contributed by atoms with van der Waals surface area (Å²) in [6, 6.07) is 8.10. The van der Waals surface area contributed by atoms with E-state index in [2.05, 4.69) is 16.7 Å². The van der Waals surface area contributed by atoms with Gasteiger partial charge in [-0.15, -0.1) is 0 Å². The summed E-state index contributed by atoms with van der Waals surface area (Å²) in [4.78, 5) is 11.6. The molecule has 1 heterocycles. The topological polar surface area (TPSA) is 67.2 Å². The van der Waals surface area contributed by atoms with Crippen LogP contribution in [-0.2, 0) is 4.79 Å². The molecule has 1 aromatic carbocycles. The van der Waals surface area contributed by atoms with E-state index in [4.69, 9.17) is 5.73 Å². The molecule has 4 N–H and O–H groups in total. The highest BCUT2D eigenvalue weighted by molar-refractivity contribution is 7.45. The van der Waals surface area contributed by atoms with Crippen molar-refractivity contribution in [2.24, 2.45) is 5.73 Å². The largest absolute Gasteiger partial charge is 0.369 e. The number of benzene rings is 1. The molecular weight excluding hydrogens is 257 g/mol. The first-order chi connectivity index (χ1) is 8.97. The number of hydrogen-bond acceptors (Lipinski definition) is 3. The molecule has 0 saturated heterocycles. The van der Waals surface area contributed by atoms with Gasteiger partial charge in [-0.05, 0) is 43.8 Å². The Labute approximate surface area is 115 Å². The molecule has 3 unspecified atom stereocenters. The number of allylic oxidation sites excluding steroid dienone is 2. The molecule has 0 aliphatic carbocycles. The third-order valence-corrected chi connectivity index (χ3v) is 5.02. The maximum Gasteiger partial charge on any atom is 0.228 e. The van der Waals surface area contributed by atoms with Gasteiger partial charge in [0.25, 0.3) is 0 Å². The zero-order chi connectivity index (χ0) is 14.0. The van der Waals surface area contributed by atoms with E-state index < -0.39 is 0 Å². The molecule has 19 heavy (non-hydrogen) atoms. The maximum atomic E-state index is 11.6. The molecule has 0 saturated carbocycles. The number of rotatable bonds is 3. The van der Waals surface area contributed by atoms with E-state index in [1.54, 1.807) is 0 Å². The van der Waals surface area contributed by atoms with Gasteiger partial charge in [0.2, 0.25) is 5.91 Å². The molecule has 0 aromatic heterocycles. The predicted molar refractivity (Wildman–Crippen MR) is 81.4 cm³/mol. The highest BCUT2D eigenvalue weighted by atomic mass is 31.1. The highest BCUT2D eigenvalue weighted by Crippen LogP contribution is 2.36. The lowest BCUT2D eigenvalue weighted by Crippen LogP contribution is -2.50. The van der Waals surface area contributed by atoms with Crippen molar-refractivity contribution < 1.29 is 4.79 Å². The first kappa shape index (κ1) is 13.9. The van der Waals surface area contributed by atoms with Crippen LogP contribution in [0.3, 0.4) is 0 Å². The van der Waals surface area contributed by atoms with Gasteiger partial charge in [-0.1, -0.05) is 20.7 Å². The van der Waals surface area contributed by atoms with Gasteiger partial charge < -0.3 is 16.4 Å². The lowest BCUT2D eigenvalue weighted by molar-refractivity contribution is -0.117. The van der Waals surface area contributed by atoms with Crippen LogP contribution < -0.4 is 16.4 Å². The summed E-state index contributed by atoms with van der Waals surface area (Å²) in [7, 11) is 0.437. The van der Waals surface area contributed by atoms with Crippen molar-refractivity contribution in [2.45, 2.75) is 32.6 Å². The Kier molecular flexibility index (Phi) is 4.11. The molecule has 1 amide bonds. The smallest absolute Gasteiger partial charge is 0.228 e. The second-order valence-corrected chi connectivity index (χ2v) is 6.57. The number of carbonyl (C=O) groups excluding carboxylic acids is 1. The fraction of sp³-hybridized carbons (Fsp3) is 0.357. The molecular formula is C14H20N3OP. The summed E-state index contributed by atoms with van der Waals surface area (Å²) in [5.41, 5.74) is 8.62. The molecule has 0 bridgehead atoms. The molecule has 4 nitrogen and oxygen atoms in total. The molecule has 5 heteroatoms. The summed E-state index contributed by atoms with van der Waals surface area (Å²) in [5, 5.41) is 7.92. The number of nitrogens with two attached hydrogens (primary N) is 1. The highest BCUT2D eigenvalue weighted by Gasteiger charge is 2.30. The van der Waals surface area contributed by atoms with Crippen LogP contribution in [0.4, 0.5) is 5.69 Å². The summed E-state index contributed by atoms with van der Waals surface area (Å²) < 4.78 is 0. The van der Waals surface area contributed by atoms with E-state index in [0.29, 0.717) is 8.58 Å². The normalized spacial score (nSPS) is 24.2. The van der Waals surface area contributed by atoms with Crippen LogP contribution >= 0.6 is 8.58 Å². The second kappa shape index (κ2) is 5.62. The van der Waals surface area contributed by atoms with Gasteiger partial charge in [-0.3, -0.25) is 4.79 Å². The van der Waals surface area contributed by atoms with Crippen molar-refractivity contribution in [1.82, 2.24) is 5.32 Å². The van der Waals surface area contributed by atoms with Gasteiger partial charge in [0, 0.05) is 11.4 Å². The second-order valence-electron chi connectivity index (χ2n) is 4.91. The summed E-state index contributed by atoms with van der Waals surface area (Å²) >= 11 is 0. The summed E-state index contributed by atoms with van der Waals surface area (Å²) in [6.07, 6.45) is -0.138. The number of amides is 1. The van der Waals surface area contributed by atoms with Crippen LogP contribution in [0, 0.1) is 6.92 Å². The first-order valence-electron chi connectivity index (χ1n) is 6.30. The number of primary amides is 1. The van der Waals surface area contributed by atoms with Crippen molar-refractivity contribution >= 4 is 20.2 Å². The minimum Gasteiger partial charge on any atom is -0.369 e. The van der Waals surface area contributed by atoms with Crippen molar-refractivity contribution in [1.29, 1.82) is 0 Å². The maximum absolute atomic E-state index is 11.6. The molecule has 1 aliphatic heterocycles. The molecule has 1 aliphatic rings. The fourth-order valence-electron chi connectivity index (χ4n) is 2.12. The molecule has 1 aromatic rings. The lowest BCUT2D eigenvalue weighted by atomic mass is 10.2. The molecule has 0 radical (unpaired) electrons. The minimum atomic E-state index is -0.261. The Morgan fingerprint density at radius 2 is 2.11 bits per heavy atom. The van der Waals surface area contributed by atoms with Crippen LogP contribution in [-0.4, -0.2) is 17.7 Å². The van der Waals surface area contributed by atoms with Gasteiger partial charge >= 0.3 is 0 Å². The zero-order valence-corrected chi connectivity index (χ0v) is 12.4. The Balaban J connectivity index is 2.20. The van der Waals surface area contributed by atoms with Crippen LogP contribution in [0.1, 0.15) is 19.4 Å². The van der Waals surface area contributed by atoms with Crippen LogP contribution in [0.2, 0.25) is 0 Å². The number of carbonyl (C=O) groups is 1. The van der Waals surface area contributed by atoms with Gasteiger partial charge in [0.1, 0.15) is 6.17 Å². The number of nitrogens with one attached hydrogen (secondary N) is 2. The summed E-state index contributed by atoms with van der Waals surface area (Å²) in [5.74, 6) is -0.261. The predicted octanol–water partition coefficient (Wildman–Crippen LogP) is 2.12. The molecule has 0 spiro atoms. The Bertz CT molecular complexity index is 527. The van der Waals surface area contributed by atoms with Crippen LogP contribution in [0.25, 0.3) is 0 Å². The van der Waals surface area contributed by atoms with Crippen molar-refractivity contribution in [3.63, 3.8) is 0 Å². The van der Waals surface area contributed by atoms with Gasteiger partial charge in [0.05, 0.1) is 5.66 Å². The van der Waals surface area contributed by atoms with E-state index in [1.165, 1.54) is 10.9 Å². The summed E-state index contributed by atoms with van der Waals surface area (Å²) in [6.45, 7) is 6.12. The quantitative estimate of drug-likeness (QED) is 0.741. The number of hydrogen-bond donors (Lipinski definition) is 3. The van der Waals surface area contributed by atoms with Crippen LogP contribution in [0.5, 0.6) is 0 Å². The fourth-order valence-corrected chi connectivity index (χ4v) is 3.35. The first-order valence-corrected chi connectivity index (χ1v) is 7.38. The van der Waals surface area contributed by atoms with Crippen molar-refractivity contribution in [3.8, 4) is 0 Å². The van der Waals surface area contributed by atoms with Gasteiger partial charge in [0.15, 0.2) is 0 Å². The van der Waals surface area contributed by atoms with Crippen molar-refractivity contribution in [2.75, 3.05) is 5.32 Å². The molecule has 2 rings (SSSR count). The average Bonchev–Trinajstić information content (AvgIpc) is 2.33. The Morgan fingerprint density at radius 3 is 2.74 bits per heavy atom. The third kappa shape index (κ3) is 3.27. The Morgan fingerprint density at radius 1 is 1.37 bits per heavy atom. The number of anilines is 1. The average molecular weight is 277 g/mol. The molecule has 3 atom stereocenters. The minimum absolute atomic E-state index is 0.138. The molecule has 0 fully saturated rings. The zero-order valence-electron chi connectivity index (χ0n) is 11.4. The van der Waals surface area contributed by atoms with E-state index in [0.717, 1.165) is 11.4 Å². The number of aryl methyl sites for hydroxylation is 1. The van der Waals surface area contributed by atoms with Crippen molar-refractivity contribution in [3.05, 3.63) is 40.8 Å². The lowest BCUT2D eigenvalue weighted by Gasteiger charge is -2.34. The Hall–Kier alpha value is -1.54. The standard InChI is InChI=1S/C14H20N3OP/c1-8-5-4-6-11(7-8)17-14-12(13(15)18)19-10(3)9(2)16-14/h4-7,12,14,16-17,19H,1-3H3,(H2,15,18).